The molecule has 1 fully saturated rings. The number of likely N-dealkylation sites (tertiary alicyclic amines) is 1. The van der Waals surface area contributed by atoms with Crippen molar-refractivity contribution in [2.75, 3.05) is 30.8 Å². The van der Waals surface area contributed by atoms with Gasteiger partial charge in [-0.3, -0.25) is 15.1 Å². The molecular formula is C33H39N7O3. The molecule has 1 atom stereocenters. The molecule has 2 aromatic heterocycles. The SMILES string of the molecule is CN1CCCC1CCNC(=O)c1cccc(-n2nc(C(C)(C)C)cc2NC(=O)Nc2ccc(Oc3ccncc3)cc2)c1. The van der Waals surface area contributed by atoms with E-state index in [-0.39, 0.29) is 11.3 Å². The number of nitrogens with zero attached hydrogens (tertiary/aromatic N) is 4. The van der Waals surface area contributed by atoms with E-state index in [9.17, 15) is 9.59 Å². The van der Waals surface area contributed by atoms with Gasteiger partial charge in [-0.1, -0.05) is 26.8 Å². The number of carbonyl (C=O) groups excluding carboxylic acids is 2. The van der Waals surface area contributed by atoms with Crippen LogP contribution in [0.25, 0.3) is 5.69 Å². The first-order chi connectivity index (χ1) is 20.7. The average molecular weight is 582 g/mol. The molecule has 10 nitrogen and oxygen atoms in total. The van der Waals surface area contributed by atoms with Crippen molar-refractivity contribution in [1.82, 2.24) is 25.0 Å². The zero-order valence-corrected chi connectivity index (χ0v) is 25.1. The van der Waals surface area contributed by atoms with Crippen molar-refractivity contribution >= 4 is 23.4 Å². The van der Waals surface area contributed by atoms with Crippen LogP contribution in [0.2, 0.25) is 0 Å². The van der Waals surface area contributed by atoms with Gasteiger partial charge in [0.05, 0.1) is 11.4 Å². The van der Waals surface area contributed by atoms with Gasteiger partial charge in [0.2, 0.25) is 0 Å². The van der Waals surface area contributed by atoms with Crippen LogP contribution in [0.3, 0.4) is 0 Å². The monoisotopic (exact) mass is 581 g/mol. The Bertz CT molecular complexity index is 1540. The third-order valence-corrected chi connectivity index (χ3v) is 7.50. The van der Waals surface area contributed by atoms with Gasteiger partial charge in [0.1, 0.15) is 17.3 Å². The molecule has 0 saturated carbocycles. The summed E-state index contributed by atoms with van der Waals surface area (Å²) < 4.78 is 7.46. The van der Waals surface area contributed by atoms with Crippen LogP contribution in [0.1, 0.15) is 56.1 Å². The van der Waals surface area contributed by atoms with Crippen molar-refractivity contribution in [2.24, 2.45) is 0 Å². The van der Waals surface area contributed by atoms with Gasteiger partial charge >= 0.3 is 6.03 Å². The number of hydrogen-bond donors (Lipinski definition) is 3. The summed E-state index contributed by atoms with van der Waals surface area (Å²) in [6.45, 7) is 7.92. The highest BCUT2D eigenvalue weighted by Crippen LogP contribution is 2.27. The Kier molecular flexibility index (Phi) is 9.06. The zero-order chi connectivity index (χ0) is 30.4. The number of aromatic nitrogens is 3. The first-order valence-electron chi connectivity index (χ1n) is 14.6. The number of anilines is 2. The summed E-state index contributed by atoms with van der Waals surface area (Å²) in [7, 11) is 2.14. The highest BCUT2D eigenvalue weighted by atomic mass is 16.5. The third kappa shape index (κ3) is 7.78. The highest BCUT2D eigenvalue weighted by molar-refractivity contribution is 5.99. The molecule has 43 heavy (non-hydrogen) atoms. The van der Waals surface area contributed by atoms with E-state index in [1.54, 1.807) is 65.6 Å². The van der Waals surface area contributed by atoms with Crippen LogP contribution >= 0.6 is 0 Å². The standard InChI is InChI=1S/C33H39N7O3/c1-33(2,3)29-22-30(37-32(42)36-24-10-12-27(13-11-24)43-28-15-17-34-18-16-28)40(38-29)26-8-5-7-23(21-26)31(41)35-19-14-25-9-6-20-39(25)4/h5,7-8,10-13,15-18,21-22,25H,6,9,14,19-20H2,1-4H3,(H,35,41)(H2,36,37,42). The Morgan fingerprint density at radius 3 is 2.42 bits per heavy atom. The molecule has 10 heteroatoms. The van der Waals surface area contributed by atoms with Gasteiger partial charge in [-0.25, -0.2) is 9.48 Å². The van der Waals surface area contributed by atoms with E-state index in [1.165, 1.54) is 12.8 Å². The zero-order valence-electron chi connectivity index (χ0n) is 25.1. The number of nitrogens with one attached hydrogen (secondary N) is 3. The predicted molar refractivity (Wildman–Crippen MR) is 168 cm³/mol. The minimum atomic E-state index is -0.421. The minimum absolute atomic E-state index is 0.130. The van der Waals surface area contributed by atoms with Crippen molar-refractivity contribution in [1.29, 1.82) is 0 Å². The maximum atomic E-state index is 13.1. The number of rotatable bonds is 9. The number of urea groups is 1. The second-order valence-corrected chi connectivity index (χ2v) is 11.8. The Morgan fingerprint density at radius 1 is 0.977 bits per heavy atom. The quantitative estimate of drug-likeness (QED) is 0.216. The summed E-state index contributed by atoms with van der Waals surface area (Å²) in [4.78, 5) is 32.4. The molecule has 1 aliphatic heterocycles. The fraction of sp³-hybridized carbons (Fsp3) is 0.333. The van der Waals surface area contributed by atoms with Crippen molar-refractivity contribution in [3.63, 3.8) is 0 Å². The summed E-state index contributed by atoms with van der Waals surface area (Å²) in [6.07, 6.45) is 6.63. The van der Waals surface area contributed by atoms with Crippen LogP contribution in [0.15, 0.2) is 79.1 Å². The number of carbonyl (C=O) groups is 2. The van der Waals surface area contributed by atoms with Gasteiger partial charge in [0.25, 0.3) is 5.91 Å². The summed E-state index contributed by atoms with van der Waals surface area (Å²) >= 11 is 0. The highest BCUT2D eigenvalue weighted by Gasteiger charge is 2.23. The Balaban J connectivity index is 1.27. The fourth-order valence-electron chi connectivity index (χ4n) is 5.04. The molecule has 3 N–H and O–H groups in total. The molecule has 0 aliphatic carbocycles. The van der Waals surface area contributed by atoms with Crippen LogP contribution in [-0.4, -0.2) is 57.8 Å². The average Bonchev–Trinajstić information content (AvgIpc) is 3.60. The normalized spacial score (nSPS) is 15.2. The molecule has 224 valence electrons. The lowest BCUT2D eigenvalue weighted by Crippen LogP contribution is -2.31. The number of pyridine rings is 1. The molecule has 1 saturated heterocycles. The molecular weight excluding hydrogens is 542 g/mol. The number of ether oxygens (including phenoxy) is 1. The van der Waals surface area contributed by atoms with Crippen molar-refractivity contribution < 1.29 is 14.3 Å². The van der Waals surface area contributed by atoms with E-state index in [0.29, 0.717) is 46.8 Å². The molecule has 2 aromatic carbocycles. The van der Waals surface area contributed by atoms with Gasteiger partial charge < -0.3 is 20.3 Å². The molecule has 0 spiro atoms. The van der Waals surface area contributed by atoms with E-state index in [4.69, 9.17) is 9.84 Å². The minimum Gasteiger partial charge on any atom is -0.457 e. The second-order valence-electron chi connectivity index (χ2n) is 11.8. The lowest BCUT2D eigenvalue weighted by atomic mass is 9.92. The first-order valence-corrected chi connectivity index (χ1v) is 14.6. The molecule has 5 rings (SSSR count). The molecule has 3 heterocycles. The Hall–Kier alpha value is -4.70. The van der Waals surface area contributed by atoms with Crippen molar-refractivity contribution in [2.45, 2.75) is 51.5 Å². The lowest BCUT2D eigenvalue weighted by Gasteiger charge is -2.19. The van der Waals surface area contributed by atoms with Gasteiger partial charge in [-0.2, -0.15) is 5.10 Å². The summed E-state index contributed by atoms with van der Waals surface area (Å²) in [6, 6.07) is 19.9. The van der Waals surface area contributed by atoms with Crippen molar-refractivity contribution in [3.8, 4) is 17.2 Å². The molecule has 3 amide bonds. The van der Waals surface area contributed by atoms with Gasteiger partial charge in [0, 0.05) is 47.7 Å². The third-order valence-electron chi connectivity index (χ3n) is 7.50. The lowest BCUT2D eigenvalue weighted by molar-refractivity contribution is 0.0950. The Morgan fingerprint density at radius 2 is 1.72 bits per heavy atom. The molecule has 1 aliphatic rings. The van der Waals surface area contributed by atoms with E-state index in [1.807, 2.05) is 18.2 Å². The number of amides is 3. The molecule has 0 bridgehead atoms. The maximum absolute atomic E-state index is 13.1. The van der Waals surface area contributed by atoms with Gasteiger partial charge in [-0.05, 0) is 87.5 Å². The van der Waals surface area contributed by atoms with Crippen LogP contribution in [-0.2, 0) is 5.41 Å². The number of benzene rings is 2. The van der Waals surface area contributed by atoms with E-state index >= 15 is 0 Å². The topological polar surface area (TPSA) is 113 Å². The summed E-state index contributed by atoms with van der Waals surface area (Å²) in [5.74, 6) is 1.67. The van der Waals surface area contributed by atoms with Crippen molar-refractivity contribution in [3.05, 3.63) is 90.4 Å². The predicted octanol–water partition coefficient (Wildman–Crippen LogP) is 6.22. The fourth-order valence-corrected chi connectivity index (χ4v) is 5.04. The molecule has 4 aromatic rings. The van der Waals surface area contributed by atoms with Gasteiger partial charge in [-0.15, -0.1) is 0 Å². The first kappa shape index (κ1) is 29.8. The molecule has 1 unspecified atom stereocenters. The van der Waals surface area contributed by atoms with Crippen LogP contribution in [0.5, 0.6) is 11.5 Å². The van der Waals surface area contributed by atoms with E-state index in [2.05, 4.69) is 53.7 Å². The van der Waals surface area contributed by atoms with Crippen LogP contribution < -0.4 is 20.7 Å². The smallest absolute Gasteiger partial charge is 0.324 e. The van der Waals surface area contributed by atoms with E-state index < -0.39 is 6.03 Å². The second kappa shape index (κ2) is 13.1. The van der Waals surface area contributed by atoms with Gasteiger partial charge in [0.15, 0.2) is 0 Å². The Labute approximate surface area is 252 Å². The van der Waals surface area contributed by atoms with Crippen LogP contribution in [0, 0.1) is 0 Å². The molecule has 0 radical (unpaired) electrons. The largest absolute Gasteiger partial charge is 0.457 e. The summed E-state index contributed by atoms with van der Waals surface area (Å²) in [5, 5.41) is 13.7. The number of hydrogen-bond acceptors (Lipinski definition) is 6. The summed E-state index contributed by atoms with van der Waals surface area (Å²) in [5.41, 5.74) is 2.35. The maximum Gasteiger partial charge on any atom is 0.324 e. The van der Waals surface area contributed by atoms with Crippen LogP contribution in [0.4, 0.5) is 16.3 Å². The van der Waals surface area contributed by atoms with E-state index in [0.717, 1.165) is 18.7 Å².